The number of nitro groups is 1. The summed E-state index contributed by atoms with van der Waals surface area (Å²) in [5.74, 6) is 0. The van der Waals surface area contributed by atoms with E-state index in [1.165, 1.54) is 11.1 Å². The highest BCUT2D eigenvalue weighted by molar-refractivity contribution is 7.07. The van der Waals surface area contributed by atoms with Crippen molar-refractivity contribution in [1.82, 2.24) is 9.47 Å². The van der Waals surface area contributed by atoms with Gasteiger partial charge in [-0.05, 0) is 67.7 Å². The lowest BCUT2D eigenvalue weighted by atomic mass is 10.0. The standard InChI is InChI=1S/C26H34N4O2S/c1-5-20-11-9-12-21(6-2)25(20)27-26-29(18-10-17-28(7-3)8-4)24(19-33-26)22-13-15-23(16-14-22)30(31)32/h9,11-16,19H,5-8,10,17-18H2,1-4H3. The van der Waals surface area contributed by atoms with Crippen LogP contribution in [0.3, 0.4) is 0 Å². The van der Waals surface area contributed by atoms with Crippen LogP contribution in [0.2, 0.25) is 0 Å². The Hall–Kier alpha value is -2.77. The van der Waals surface area contributed by atoms with Gasteiger partial charge >= 0.3 is 0 Å². The third kappa shape index (κ3) is 5.97. The number of nitrogens with zero attached hydrogens (tertiary/aromatic N) is 4. The van der Waals surface area contributed by atoms with Crippen LogP contribution in [-0.4, -0.2) is 34.0 Å². The predicted molar refractivity (Wildman–Crippen MR) is 137 cm³/mol. The molecule has 2 aromatic carbocycles. The molecule has 0 N–H and O–H groups in total. The molecule has 0 unspecified atom stereocenters. The molecule has 1 aromatic heterocycles. The van der Waals surface area contributed by atoms with Crippen molar-refractivity contribution >= 4 is 22.7 Å². The van der Waals surface area contributed by atoms with Crippen LogP contribution in [0.25, 0.3) is 11.3 Å². The highest BCUT2D eigenvalue weighted by Gasteiger charge is 2.13. The Balaban J connectivity index is 2.07. The Bertz CT molecular complexity index is 1110. The Labute approximate surface area is 200 Å². The van der Waals surface area contributed by atoms with Crippen LogP contribution < -0.4 is 4.80 Å². The first-order valence-electron chi connectivity index (χ1n) is 11.8. The minimum absolute atomic E-state index is 0.108. The first kappa shape index (κ1) is 24.9. The summed E-state index contributed by atoms with van der Waals surface area (Å²) in [6.07, 6.45) is 2.89. The van der Waals surface area contributed by atoms with E-state index >= 15 is 0 Å². The predicted octanol–water partition coefficient (Wildman–Crippen LogP) is 6.21. The molecule has 0 saturated heterocycles. The quantitative estimate of drug-likeness (QED) is 0.249. The lowest BCUT2D eigenvalue weighted by Crippen LogP contribution is -2.26. The molecule has 0 aliphatic heterocycles. The molecule has 33 heavy (non-hydrogen) atoms. The van der Waals surface area contributed by atoms with Gasteiger partial charge in [-0.15, -0.1) is 11.3 Å². The van der Waals surface area contributed by atoms with E-state index in [4.69, 9.17) is 4.99 Å². The molecule has 0 aliphatic carbocycles. The Morgan fingerprint density at radius 1 is 1.00 bits per heavy atom. The van der Waals surface area contributed by atoms with Gasteiger partial charge in [0.15, 0.2) is 4.80 Å². The molecule has 0 radical (unpaired) electrons. The minimum atomic E-state index is -0.357. The van der Waals surface area contributed by atoms with Gasteiger partial charge < -0.3 is 9.47 Å². The second kappa shape index (κ2) is 11.9. The van der Waals surface area contributed by atoms with E-state index in [0.717, 1.165) is 67.2 Å². The molecule has 7 heteroatoms. The van der Waals surface area contributed by atoms with Crippen LogP contribution in [0.5, 0.6) is 0 Å². The van der Waals surface area contributed by atoms with Crippen molar-refractivity contribution < 1.29 is 4.92 Å². The van der Waals surface area contributed by atoms with Crippen molar-refractivity contribution in [2.24, 2.45) is 4.99 Å². The highest BCUT2D eigenvalue weighted by atomic mass is 32.1. The number of nitro benzene ring substituents is 1. The SMILES string of the molecule is CCc1cccc(CC)c1N=c1scc(-c2ccc([N+](=O)[O-])cc2)n1CCCN(CC)CC. The number of hydrogen-bond donors (Lipinski definition) is 0. The van der Waals surface area contributed by atoms with E-state index in [1.807, 2.05) is 12.1 Å². The molecule has 6 nitrogen and oxygen atoms in total. The molecule has 0 amide bonds. The summed E-state index contributed by atoms with van der Waals surface area (Å²) < 4.78 is 2.28. The van der Waals surface area contributed by atoms with Gasteiger partial charge in [-0.1, -0.05) is 45.9 Å². The maximum absolute atomic E-state index is 11.1. The van der Waals surface area contributed by atoms with Crippen LogP contribution in [0.1, 0.15) is 45.2 Å². The molecular formula is C26H34N4O2S. The summed E-state index contributed by atoms with van der Waals surface area (Å²) in [4.78, 5) is 19.3. The zero-order valence-electron chi connectivity index (χ0n) is 20.1. The smallest absolute Gasteiger partial charge is 0.269 e. The lowest BCUT2D eigenvalue weighted by molar-refractivity contribution is -0.384. The van der Waals surface area contributed by atoms with E-state index in [0.29, 0.717) is 0 Å². The largest absolute Gasteiger partial charge is 0.316 e. The number of non-ortho nitro benzene ring substituents is 1. The highest BCUT2D eigenvalue weighted by Crippen LogP contribution is 2.27. The summed E-state index contributed by atoms with van der Waals surface area (Å²) >= 11 is 1.63. The van der Waals surface area contributed by atoms with E-state index in [9.17, 15) is 10.1 Å². The van der Waals surface area contributed by atoms with Crippen molar-refractivity contribution in [1.29, 1.82) is 0 Å². The first-order chi connectivity index (χ1) is 16.0. The number of aromatic nitrogens is 1. The average molecular weight is 467 g/mol. The number of benzene rings is 2. The number of aryl methyl sites for hydroxylation is 2. The molecule has 0 bridgehead atoms. The summed E-state index contributed by atoms with van der Waals surface area (Å²) in [6, 6.07) is 13.3. The molecular weight excluding hydrogens is 432 g/mol. The summed E-state index contributed by atoms with van der Waals surface area (Å²) in [5.41, 5.74) is 5.73. The normalized spacial score (nSPS) is 12.0. The molecule has 1 heterocycles. The van der Waals surface area contributed by atoms with Gasteiger partial charge in [-0.2, -0.15) is 0 Å². The van der Waals surface area contributed by atoms with Gasteiger partial charge in [0.25, 0.3) is 5.69 Å². The fourth-order valence-corrected chi connectivity index (χ4v) is 5.01. The van der Waals surface area contributed by atoms with Gasteiger partial charge in [0.1, 0.15) is 0 Å². The number of para-hydroxylation sites is 1. The van der Waals surface area contributed by atoms with Crippen LogP contribution in [-0.2, 0) is 19.4 Å². The molecule has 3 rings (SSSR count). The monoisotopic (exact) mass is 466 g/mol. The molecule has 0 atom stereocenters. The van der Waals surface area contributed by atoms with Gasteiger partial charge in [-0.25, -0.2) is 4.99 Å². The Morgan fingerprint density at radius 2 is 1.64 bits per heavy atom. The second-order valence-corrected chi connectivity index (χ2v) is 8.82. The van der Waals surface area contributed by atoms with Crippen LogP contribution in [0.15, 0.2) is 52.8 Å². The summed E-state index contributed by atoms with van der Waals surface area (Å²) in [7, 11) is 0. The van der Waals surface area contributed by atoms with Gasteiger partial charge in [0.05, 0.1) is 16.3 Å². The van der Waals surface area contributed by atoms with Gasteiger partial charge in [-0.3, -0.25) is 10.1 Å². The third-order valence-electron chi connectivity index (χ3n) is 6.09. The summed E-state index contributed by atoms with van der Waals surface area (Å²) in [5, 5.41) is 13.2. The van der Waals surface area contributed by atoms with Gasteiger partial charge in [0.2, 0.25) is 0 Å². The Morgan fingerprint density at radius 3 is 2.18 bits per heavy atom. The zero-order valence-corrected chi connectivity index (χ0v) is 20.9. The molecule has 0 aliphatic rings. The van der Waals surface area contributed by atoms with E-state index in [-0.39, 0.29) is 10.6 Å². The number of thiazole rings is 1. The second-order valence-electron chi connectivity index (χ2n) is 7.98. The van der Waals surface area contributed by atoms with Crippen LogP contribution >= 0.6 is 11.3 Å². The molecule has 176 valence electrons. The zero-order chi connectivity index (χ0) is 23.8. The van der Waals surface area contributed by atoms with E-state index < -0.39 is 0 Å². The molecule has 0 fully saturated rings. The first-order valence-corrected chi connectivity index (χ1v) is 12.7. The fraction of sp³-hybridized carbons (Fsp3) is 0.423. The maximum Gasteiger partial charge on any atom is 0.269 e. The Kier molecular flexibility index (Phi) is 8.97. The van der Waals surface area contributed by atoms with Crippen molar-refractivity contribution in [3.63, 3.8) is 0 Å². The molecule has 0 saturated carbocycles. The summed E-state index contributed by atoms with van der Waals surface area (Å²) in [6.45, 7) is 12.7. The van der Waals surface area contributed by atoms with E-state index in [2.05, 4.69) is 60.7 Å². The van der Waals surface area contributed by atoms with Crippen molar-refractivity contribution in [2.45, 2.75) is 53.5 Å². The van der Waals surface area contributed by atoms with Crippen LogP contribution in [0.4, 0.5) is 11.4 Å². The molecule has 3 aromatic rings. The minimum Gasteiger partial charge on any atom is -0.316 e. The number of rotatable bonds is 11. The topological polar surface area (TPSA) is 63.7 Å². The van der Waals surface area contributed by atoms with Crippen LogP contribution in [0, 0.1) is 10.1 Å². The fourth-order valence-electron chi connectivity index (χ4n) is 4.07. The third-order valence-corrected chi connectivity index (χ3v) is 6.96. The van der Waals surface area contributed by atoms with E-state index in [1.54, 1.807) is 23.5 Å². The van der Waals surface area contributed by atoms with Crippen molar-refractivity contribution in [3.05, 3.63) is 73.9 Å². The maximum atomic E-state index is 11.1. The van der Waals surface area contributed by atoms with Crippen molar-refractivity contribution in [3.8, 4) is 11.3 Å². The number of hydrogen-bond acceptors (Lipinski definition) is 5. The lowest BCUT2D eigenvalue weighted by Gasteiger charge is -2.18. The molecule has 0 spiro atoms. The van der Waals surface area contributed by atoms with Gasteiger partial charge in [0, 0.05) is 24.1 Å². The van der Waals surface area contributed by atoms with Crippen molar-refractivity contribution in [2.75, 3.05) is 19.6 Å². The average Bonchev–Trinajstić information content (AvgIpc) is 3.24.